The van der Waals surface area contributed by atoms with Crippen molar-refractivity contribution in [1.29, 1.82) is 0 Å². The molecule has 1 aromatic rings. The maximum absolute atomic E-state index is 4.48. The molecule has 0 radical (unpaired) electrons. The van der Waals surface area contributed by atoms with Crippen LogP contribution in [0.25, 0.3) is 0 Å². The van der Waals surface area contributed by atoms with E-state index in [-0.39, 0.29) is 24.0 Å². The summed E-state index contributed by atoms with van der Waals surface area (Å²) >= 11 is 0. The Hall–Kier alpha value is -0.860. The first-order valence-corrected chi connectivity index (χ1v) is 11.7. The van der Waals surface area contributed by atoms with Crippen molar-refractivity contribution in [3.63, 3.8) is 0 Å². The summed E-state index contributed by atoms with van der Waals surface area (Å²) in [5.74, 6) is 1.81. The zero-order valence-electron chi connectivity index (χ0n) is 19.2. The molecule has 30 heavy (non-hydrogen) atoms. The smallest absolute Gasteiger partial charge is 0.191 e. The van der Waals surface area contributed by atoms with E-state index < -0.39 is 0 Å². The molecule has 2 saturated heterocycles. The lowest BCUT2D eigenvalue weighted by Gasteiger charge is -2.33. The van der Waals surface area contributed by atoms with Gasteiger partial charge < -0.3 is 15.5 Å². The Morgan fingerprint density at radius 1 is 1.00 bits per heavy atom. The fraction of sp³-hybridized carbons (Fsp3) is 0.708. The summed E-state index contributed by atoms with van der Waals surface area (Å²) < 4.78 is 0. The van der Waals surface area contributed by atoms with Crippen LogP contribution < -0.4 is 10.6 Å². The third-order valence-corrected chi connectivity index (χ3v) is 6.53. The van der Waals surface area contributed by atoms with E-state index in [2.05, 4.69) is 63.5 Å². The van der Waals surface area contributed by atoms with Crippen LogP contribution in [0.2, 0.25) is 0 Å². The molecule has 2 fully saturated rings. The van der Waals surface area contributed by atoms with E-state index in [0.29, 0.717) is 6.04 Å². The van der Waals surface area contributed by atoms with Gasteiger partial charge in [-0.3, -0.25) is 9.89 Å². The number of halogens is 1. The normalized spacial score (nSPS) is 20.0. The van der Waals surface area contributed by atoms with E-state index in [1.165, 1.54) is 76.0 Å². The molecule has 0 spiro atoms. The second kappa shape index (κ2) is 13.5. The Bertz CT molecular complexity index is 634. The third kappa shape index (κ3) is 8.00. The Labute approximate surface area is 201 Å². The molecule has 0 unspecified atom stereocenters. The monoisotopic (exact) mass is 527 g/mol. The second-order valence-corrected chi connectivity index (χ2v) is 8.91. The van der Waals surface area contributed by atoms with Crippen LogP contribution in [0.3, 0.4) is 0 Å². The number of aliphatic imine (C=N–C) groups is 1. The minimum Gasteiger partial charge on any atom is -0.354 e. The van der Waals surface area contributed by atoms with E-state index in [1.807, 2.05) is 7.05 Å². The van der Waals surface area contributed by atoms with Gasteiger partial charge in [0.1, 0.15) is 0 Å². The summed E-state index contributed by atoms with van der Waals surface area (Å²) in [4.78, 5) is 9.66. The first-order valence-electron chi connectivity index (χ1n) is 11.7. The van der Waals surface area contributed by atoms with Gasteiger partial charge in [0.05, 0.1) is 0 Å². The highest BCUT2D eigenvalue weighted by molar-refractivity contribution is 14.0. The summed E-state index contributed by atoms with van der Waals surface area (Å²) in [5, 5.41) is 7.21. The van der Waals surface area contributed by atoms with Gasteiger partial charge in [-0.1, -0.05) is 38.1 Å². The van der Waals surface area contributed by atoms with Crippen LogP contribution in [-0.2, 0) is 13.1 Å². The van der Waals surface area contributed by atoms with Crippen molar-refractivity contribution in [2.45, 2.75) is 65.1 Å². The molecule has 0 aromatic heterocycles. The van der Waals surface area contributed by atoms with Gasteiger partial charge in [-0.05, 0) is 68.8 Å². The molecule has 0 atom stereocenters. The maximum Gasteiger partial charge on any atom is 0.191 e. The summed E-state index contributed by atoms with van der Waals surface area (Å²) in [6.45, 7) is 12.6. The van der Waals surface area contributed by atoms with Crippen LogP contribution >= 0.6 is 24.0 Å². The molecule has 2 aliphatic rings. The highest BCUT2D eigenvalue weighted by Crippen LogP contribution is 2.19. The molecule has 3 rings (SSSR count). The number of nitrogens with zero attached hydrogens (tertiary/aromatic N) is 3. The minimum atomic E-state index is 0. The molecular weight excluding hydrogens is 485 g/mol. The molecule has 170 valence electrons. The summed E-state index contributed by atoms with van der Waals surface area (Å²) in [7, 11) is 1.88. The number of hydrogen-bond acceptors (Lipinski definition) is 3. The van der Waals surface area contributed by atoms with Gasteiger partial charge in [0.2, 0.25) is 0 Å². The number of hydrogen-bond donors (Lipinski definition) is 2. The molecule has 0 amide bonds. The molecule has 5 nitrogen and oxygen atoms in total. The standard InChI is InChI=1S/C24H41N5.HI/c1-4-13-28-16-11-23(12-17-28)27-24(25-3)26-18-21-7-5-6-8-22(21)19-29-14-9-20(2)10-15-29;/h5-8,20,23H,4,9-19H2,1-3H3,(H2,25,26,27);1H. The molecule has 1 aromatic carbocycles. The lowest BCUT2D eigenvalue weighted by atomic mass is 9.98. The van der Waals surface area contributed by atoms with Gasteiger partial charge in [0, 0.05) is 39.3 Å². The van der Waals surface area contributed by atoms with E-state index in [0.717, 1.165) is 25.0 Å². The molecular formula is C24H42IN5. The number of guanidine groups is 1. The Morgan fingerprint density at radius 2 is 1.63 bits per heavy atom. The average Bonchev–Trinajstić information content (AvgIpc) is 2.75. The fourth-order valence-corrected chi connectivity index (χ4v) is 4.53. The minimum absolute atomic E-state index is 0. The largest absolute Gasteiger partial charge is 0.354 e. The second-order valence-electron chi connectivity index (χ2n) is 8.91. The van der Waals surface area contributed by atoms with Crippen molar-refractivity contribution in [2.75, 3.05) is 39.8 Å². The van der Waals surface area contributed by atoms with Crippen LogP contribution in [0.15, 0.2) is 29.3 Å². The van der Waals surface area contributed by atoms with Crippen molar-refractivity contribution < 1.29 is 0 Å². The van der Waals surface area contributed by atoms with Gasteiger partial charge in [-0.15, -0.1) is 24.0 Å². The van der Waals surface area contributed by atoms with E-state index in [9.17, 15) is 0 Å². The molecule has 0 aliphatic carbocycles. The Balaban J connectivity index is 0.00000320. The predicted molar refractivity (Wildman–Crippen MR) is 139 cm³/mol. The van der Waals surface area contributed by atoms with E-state index >= 15 is 0 Å². The van der Waals surface area contributed by atoms with Gasteiger partial charge in [0.15, 0.2) is 5.96 Å². The molecule has 6 heteroatoms. The molecule has 2 aliphatic heterocycles. The zero-order chi connectivity index (χ0) is 20.5. The van der Waals surface area contributed by atoms with Crippen LogP contribution in [0, 0.1) is 5.92 Å². The van der Waals surface area contributed by atoms with E-state index in [1.54, 1.807) is 0 Å². The maximum atomic E-state index is 4.48. The van der Waals surface area contributed by atoms with Crippen LogP contribution in [0.1, 0.15) is 57.1 Å². The average molecular weight is 528 g/mol. The Kier molecular flexibility index (Phi) is 11.5. The lowest BCUT2D eigenvalue weighted by molar-refractivity contribution is 0.185. The summed E-state index contributed by atoms with van der Waals surface area (Å²) in [6.07, 6.45) is 6.30. The highest BCUT2D eigenvalue weighted by atomic mass is 127. The number of benzene rings is 1. The summed E-state index contributed by atoms with van der Waals surface area (Å²) in [6, 6.07) is 9.39. The van der Waals surface area contributed by atoms with Crippen LogP contribution in [0.5, 0.6) is 0 Å². The summed E-state index contributed by atoms with van der Waals surface area (Å²) in [5.41, 5.74) is 2.82. The van der Waals surface area contributed by atoms with Crippen molar-refractivity contribution in [1.82, 2.24) is 20.4 Å². The SMILES string of the molecule is CCCN1CCC(NC(=NC)NCc2ccccc2CN2CCC(C)CC2)CC1.I. The van der Waals surface area contributed by atoms with Crippen molar-refractivity contribution in [3.05, 3.63) is 35.4 Å². The van der Waals surface area contributed by atoms with Gasteiger partial charge in [0.25, 0.3) is 0 Å². The number of nitrogens with one attached hydrogen (secondary N) is 2. The van der Waals surface area contributed by atoms with Crippen molar-refractivity contribution in [3.8, 4) is 0 Å². The van der Waals surface area contributed by atoms with Crippen molar-refractivity contribution >= 4 is 29.9 Å². The Morgan fingerprint density at radius 3 is 2.27 bits per heavy atom. The number of rotatable bonds is 7. The first-order chi connectivity index (χ1) is 14.2. The van der Waals surface area contributed by atoms with Crippen LogP contribution in [-0.4, -0.2) is 61.6 Å². The van der Waals surface area contributed by atoms with Gasteiger partial charge >= 0.3 is 0 Å². The molecule has 0 saturated carbocycles. The molecule has 0 bridgehead atoms. The quantitative estimate of drug-likeness (QED) is 0.319. The zero-order valence-corrected chi connectivity index (χ0v) is 21.5. The predicted octanol–water partition coefficient (Wildman–Crippen LogP) is 4.08. The van der Waals surface area contributed by atoms with E-state index in [4.69, 9.17) is 0 Å². The molecule has 2 N–H and O–H groups in total. The van der Waals surface area contributed by atoms with Crippen LogP contribution in [0.4, 0.5) is 0 Å². The first kappa shape index (κ1) is 25.4. The van der Waals surface area contributed by atoms with Gasteiger partial charge in [-0.25, -0.2) is 0 Å². The number of piperidine rings is 2. The fourth-order valence-electron chi connectivity index (χ4n) is 4.53. The lowest BCUT2D eigenvalue weighted by Crippen LogP contribution is -2.48. The third-order valence-electron chi connectivity index (χ3n) is 6.53. The van der Waals surface area contributed by atoms with Gasteiger partial charge in [-0.2, -0.15) is 0 Å². The number of likely N-dealkylation sites (tertiary alicyclic amines) is 2. The molecule has 2 heterocycles. The topological polar surface area (TPSA) is 42.9 Å². The van der Waals surface area contributed by atoms with Crippen molar-refractivity contribution in [2.24, 2.45) is 10.9 Å². The highest BCUT2D eigenvalue weighted by Gasteiger charge is 2.20.